The van der Waals surface area contributed by atoms with Crippen LogP contribution in [0.1, 0.15) is 37.0 Å². The van der Waals surface area contributed by atoms with Gasteiger partial charge in [0.25, 0.3) is 0 Å². The Kier molecular flexibility index (Phi) is 7.96. The summed E-state index contributed by atoms with van der Waals surface area (Å²) in [6.07, 6.45) is 5.64. The maximum atomic E-state index is 3.97. The van der Waals surface area contributed by atoms with Gasteiger partial charge in [-0.2, -0.15) is 0 Å². The molecule has 1 aliphatic rings. The van der Waals surface area contributed by atoms with Crippen LogP contribution in [0.3, 0.4) is 0 Å². The van der Waals surface area contributed by atoms with Crippen LogP contribution in [0.4, 0.5) is 0 Å². The predicted octanol–water partition coefficient (Wildman–Crippen LogP) is 3.33. The second kappa shape index (κ2) is 9.77. The molecule has 3 heteroatoms. The van der Waals surface area contributed by atoms with Crippen LogP contribution >= 0.6 is 11.8 Å². The van der Waals surface area contributed by atoms with Gasteiger partial charge in [0.1, 0.15) is 0 Å². The number of likely N-dealkylation sites (N-methyl/N-ethyl adjacent to an activating group) is 1. The van der Waals surface area contributed by atoms with E-state index in [1.165, 1.54) is 38.6 Å². The lowest BCUT2D eigenvalue weighted by molar-refractivity contribution is -0.919. The van der Waals surface area contributed by atoms with Crippen molar-refractivity contribution in [3.63, 3.8) is 0 Å². The van der Waals surface area contributed by atoms with E-state index in [4.69, 9.17) is 0 Å². The molecule has 2 aromatic carbocycles. The molecule has 0 aromatic heterocycles. The summed E-state index contributed by atoms with van der Waals surface area (Å²) in [5.74, 6) is 0. The van der Waals surface area contributed by atoms with Crippen LogP contribution in [0.2, 0.25) is 0 Å². The summed E-state index contributed by atoms with van der Waals surface area (Å²) in [5, 5.41) is 0. The third kappa shape index (κ3) is 4.77. The minimum absolute atomic E-state index is 0. The molecule has 0 spiro atoms. The van der Waals surface area contributed by atoms with E-state index < -0.39 is 0 Å². The summed E-state index contributed by atoms with van der Waals surface area (Å²) in [4.78, 5) is 2.74. The molecule has 3 rings (SSSR count). The number of hydrogen-bond acceptors (Lipinski definition) is 1. The van der Waals surface area contributed by atoms with E-state index in [-0.39, 0.29) is 17.0 Å². The Morgan fingerprint density at radius 3 is 2.41 bits per heavy atom. The van der Waals surface area contributed by atoms with Gasteiger partial charge in [-0.1, -0.05) is 60.3 Å². The van der Waals surface area contributed by atoms with Crippen molar-refractivity contribution in [2.24, 2.45) is 0 Å². The lowest BCUT2D eigenvalue weighted by Crippen LogP contribution is -3.00. The number of quaternary nitrogens is 1. The highest BCUT2D eigenvalue weighted by molar-refractivity contribution is 7.99. The average Bonchev–Trinajstić information content (AvgIpc) is 2.67. The van der Waals surface area contributed by atoms with Gasteiger partial charge >= 0.3 is 0 Å². The molecular formula is C24H30BrNS. The summed E-state index contributed by atoms with van der Waals surface area (Å²) in [5.41, 5.74) is 5.50. The molecule has 0 unspecified atom stereocenters. The number of hydrogen-bond donors (Lipinski definition) is 0. The number of nitrogens with zero attached hydrogens (tertiary/aromatic N) is 1. The minimum atomic E-state index is 0. The summed E-state index contributed by atoms with van der Waals surface area (Å²) in [6.45, 7) is 15.3. The van der Waals surface area contributed by atoms with Gasteiger partial charge in [-0.25, -0.2) is 0 Å². The molecule has 0 saturated carbocycles. The molecule has 0 radical (unpaired) electrons. The molecule has 27 heavy (non-hydrogen) atoms. The zero-order valence-electron chi connectivity index (χ0n) is 16.7. The molecule has 0 fully saturated rings. The minimum Gasteiger partial charge on any atom is -1.00 e. The van der Waals surface area contributed by atoms with Crippen molar-refractivity contribution in [1.29, 1.82) is 0 Å². The molecular weight excluding hydrogens is 414 g/mol. The Morgan fingerprint density at radius 1 is 1.00 bits per heavy atom. The molecule has 0 atom stereocenters. The third-order valence-corrected chi connectivity index (χ3v) is 6.78. The summed E-state index contributed by atoms with van der Waals surface area (Å²) in [6, 6.07) is 15.6. The fourth-order valence-electron chi connectivity index (χ4n) is 3.85. The normalized spacial score (nSPS) is 14.3. The Labute approximate surface area is 179 Å². The Morgan fingerprint density at radius 2 is 1.70 bits per heavy atom. The van der Waals surface area contributed by atoms with Gasteiger partial charge in [0.2, 0.25) is 0 Å². The van der Waals surface area contributed by atoms with Crippen LogP contribution in [0.25, 0.3) is 5.57 Å². The van der Waals surface area contributed by atoms with Crippen molar-refractivity contribution >= 4 is 17.3 Å². The van der Waals surface area contributed by atoms with Crippen LogP contribution in [0, 0.1) is 6.92 Å². The first-order chi connectivity index (χ1) is 12.6. The molecule has 2 aromatic rings. The highest BCUT2D eigenvalue weighted by Crippen LogP contribution is 2.45. The SMILES string of the molecule is C=CC[N+](CC)(CC)CC/C=C1/c2ccccc2Sc2ccc(C)cc21.[Br-]. The van der Waals surface area contributed by atoms with Crippen molar-refractivity contribution < 1.29 is 21.5 Å². The Hall–Kier alpha value is -1.29. The first kappa shape index (κ1) is 22.0. The van der Waals surface area contributed by atoms with Crippen LogP contribution in [-0.4, -0.2) is 30.7 Å². The van der Waals surface area contributed by atoms with Crippen molar-refractivity contribution in [2.45, 2.75) is 37.0 Å². The third-order valence-electron chi connectivity index (χ3n) is 5.63. The summed E-state index contributed by atoms with van der Waals surface area (Å²) < 4.78 is 1.12. The van der Waals surface area contributed by atoms with Crippen molar-refractivity contribution in [1.82, 2.24) is 0 Å². The average molecular weight is 444 g/mol. The van der Waals surface area contributed by atoms with Crippen molar-refractivity contribution in [2.75, 3.05) is 26.2 Å². The van der Waals surface area contributed by atoms with Gasteiger partial charge in [0, 0.05) is 16.2 Å². The van der Waals surface area contributed by atoms with E-state index in [0.717, 1.165) is 30.5 Å². The highest BCUT2D eigenvalue weighted by atomic mass is 79.9. The Balaban J connectivity index is 0.00000261. The Bertz CT molecular complexity index is 821. The predicted molar refractivity (Wildman–Crippen MR) is 115 cm³/mol. The second-order valence-electron chi connectivity index (χ2n) is 7.17. The van der Waals surface area contributed by atoms with Crippen LogP contribution < -0.4 is 17.0 Å². The largest absolute Gasteiger partial charge is 1.00 e. The fraction of sp³-hybridized carbons (Fsp3) is 0.333. The standard InChI is InChI=1S/C24H30NS.BrH/c1-5-16-25(6-2,7-3)17-10-12-20-21-11-8-9-13-23(21)26-24-15-14-19(4)18-22(20)24;/h5,8-9,11-15,18H,1,6-7,10,16-17H2,2-4H3;1H/q+1;/p-1/b20-12-;. The van der Waals surface area contributed by atoms with Crippen LogP contribution in [0.5, 0.6) is 0 Å². The van der Waals surface area contributed by atoms with E-state index in [0.29, 0.717) is 0 Å². The van der Waals surface area contributed by atoms with E-state index in [2.05, 4.69) is 82.0 Å². The lowest BCUT2D eigenvalue weighted by Gasteiger charge is -2.35. The van der Waals surface area contributed by atoms with E-state index in [1.807, 2.05) is 11.8 Å². The van der Waals surface area contributed by atoms with Gasteiger partial charge in [-0.3, -0.25) is 0 Å². The maximum absolute atomic E-state index is 3.97. The number of fused-ring (bicyclic) bond motifs is 2. The quantitative estimate of drug-likeness (QED) is 0.398. The number of halogens is 1. The molecule has 1 aliphatic heterocycles. The summed E-state index contributed by atoms with van der Waals surface area (Å²) >= 11 is 1.89. The maximum Gasteiger partial charge on any atom is 0.0971 e. The first-order valence-electron chi connectivity index (χ1n) is 9.67. The van der Waals surface area contributed by atoms with Gasteiger partial charge in [-0.05, 0) is 55.7 Å². The van der Waals surface area contributed by atoms with Gasteiger partial charge < -0.3 is 21.5 Å². The van der Waals surface area contributed by atoms with E-state index >= 15 is 0 Å². The molecule has 0 N–H and O–H groups in total. The van der Waals surface area contributed by atoms with E-state index in [9.17, 15) is 0 Å². The first-order valence-corrected chi connectivity index (χ1v) is 10.5. The molecule has 0 bridgehead atoms. The molecule has 0 saturated heterocycles. The van der Waals surface area contributed by atoms with Gasteiger partial charge in [-0.15, -0.1) is 0 Å². The van der Waals surface area contributed by atoms with Crippen LogP contribution in [-0.2, 0) is 0 Å². The van der Waals surface area contributed by atoms with Crippen molar-refractivity contribution in [3.05, 3.63) is 77.9 Å². The topological polar surface area (TPSA) is 0 Å². The number of aryl methyl sites for hydroxylation is 1. The molecule has 1 nitrogen and oxygen atoms in total. The molecule has 0 amide bonds. The van der Waals surface area contributed by atoms with Crippen LogP contribution in [0.15, 0.2) is 71.0 Å². The molecule has 144 valence electrons. The number of rotatable bonds is 7. The number of benzene rings is 2. The smallest absolute Gasteiger partial charge is 0.0971 e. The highest BCUT2D eigenvalue weighted by Gasteiger charge is 2.23. The van der Waals surface area contributed by atoms with Gasteiger partial charge in [0.15, 0.2) is 0 Å². The van der Waals surface area contributed by atoms with Gasteiger partial charge in [0.05, 0.1) is 26.2 Å². The van der Waals surface area contributed by atoms with E-state index in [1.54, 1.807) is 0 Å². The molecule has 1 heterocycles. The monoisotopic (exact) mass is 443 g/mol. The summed E-state index contributed by atoms with van der Waals surface area (Å²) in [7, 11) is 0. The van der Waals surface area contributed by atoms with Crippen molar-refractivity contribution in [3.8, 4) is 0 Å². The fourth-order valence-corrected chi connectivity index (χ4v) is 4.94. The molecule has 0 aliphatic carbocycles. The zero-order valence-corrected chi connectivity index (χ0v) is 19.1. The second-order valence-corrected chi connectivity index (χ2v) is 8.26. The lowest BCUT2D eigenvalue weighted by atomic mass is 9.95. The zero-order chi connectivity index (χ0) is 18.6.